The minimum atomic E-state index is -4.99. The Balaban J connectivity index is 1.58. The maximum Gasteiger partial charge on any atom is 0.417 e. The van der Waals surface area contributed by atoms with Crippen molar-refractivity contribution >= 4 is 10.9 Å². The summed E-state index contributed by atoms with van der Waals surface area (Å²) in [6.45, 7) is -0.526. The van der Waals surface area contributed by atoms with Gasteiger partial charge in [-0.15, -0.1) is 0 Å². The monoisotopic (exact) mass is 521 g/mol. The van der Waals surface area contributed by atoms with Crippen LogP contribution in [0.3, 0.4) is 0 Å². The molecule has 0 unspecified atom stereocenters. The first-order chi connectivity index (χ1) is 18.1. The quantitative estimate of drug-likeness (QED) is 0.253. The summed E-state index contributed by atoms with van der Waals surface area (Å²) in [6.07, 6.45) is -3.20. The average Bonchev–Trinajstić information content (AvgIpc) is 3.34. The van der Waals surface area contributed by atoms with Crippen molar-refractivity contribution in [3.8, 4) is 28.8 Å². The van der Waals surface area contributed by atoms with E-state index in [4.69, 9.17) is 4.74 Å². The van der Waals surface area contributed by atoms with E-state index in [0.717, 1.165) is 27.6 Å². The number of H-pyrrole nitrogens is 1. The van der Waals surface area contributed by atoms with Crippen LogP contribution in [0.15, 0.2) is 83.8 Å². The van der Waals surface area contributed by atoms with E-state index in [-0.39, 0.29) is 16.8 Å². The molecule has 0 aliphatic rings. The fraction of sp³-hybridized carbons (Fsp3) is 0.0714. The number of pyridine rings is 1. The van der Waals surface area contributed by atoms with Crippen LogP contribution in [0.5, 0.6) is 11.5 Å². The van der Waals surface area contributed by atoms with Crippen molar-refractivity contribution in [1.82, 2.24) is 9.55 Å². The lowest BCUT2D eigenvalue weighted by Crippen LogP contribution is -2.29. The van der Waals surface area contributed by atoms with Crippen LogP contribution in [0.25, 0.3) is 22.2 Å². The Morgan fingerprint density at radius 2 is 1.66 bits per heavy atom. The van der Waals surface area contributed by atoms with Gasteiger partial charge in [0.05, 0.1) is 17.8 Å². The van der Waals surface area contributed by atoms with Crippen molar-refractivity contribution in [1.29, 1.82) is 5.26 Å². The van der Waals surface area contributed by atoms with Crippen LogP contribution in [0.4, 0.5) is 22.0 Å². The molecule has 0 amide bonds. The smallest absolute Gasteiger partial charge is 0.417 e. The van der Waals surface area contributed by atoms with Crippen LogP contribution in [-0.4, -0.2) is 9.55 Å². The second-order valence-corrected chi connectivity index (χ2v) is 8.41. The summed E-state index contributed by atoms with van der Waals surface area (Å²) in [5.41, 5.74) is -3.01. The number of hydrogen-bond acceptors (Lipinski definition) is 3. The third-order valence-electron chi connectivity index (χ3n) is 5.97. The van der Waals surface area contributed by atoms with E-state index in [9.17, 15) is 32.0 Å². The molecule has 5 aromatic rings. The van der Waals surface area contributed by atoms with Crippen molar-refractivity contribution in [2.45, 2.75) is 12.7 Å². The summed E-state index contributed by atoms with van der Waals surface area (Å²) in [5, 5.41) is 10.3. The largest absolute Gasteiger partial charge is 0.457 e. The highest BCUT2D eigenvalue weighted by Gasteiger charge is 2.36. The molecule has 0 atom stereocenters. The topological polar surface area (TPSA) is 70.8 Å². The number of fused-ring (bicyclic) bond motifs is 1. The van der Waals surface area contributed by atoms with Crippen LogP contribution in [-0.2, 0) is 12.7 Å². The van der Waals surface area contributed by atoms with Gasteiger partial charge in [-0.25, -0.2) is 8.78 Å². The number of nitriles is 1. The maximum absolute atomic E-state index is 14.4. The lowest BCUT2D eigenvalue weighted by Gasteiger charge is -2.18. The number of alkyl halides is 3. The van der Waals surface area contributed by atoms with Crippen LogP contribution < -0.4 is 10.3 Å². The van der Waals surface area contributed by atoms with E-state index in [2.05, 4.69) is 4.98 Å². The summed E-state index contributed by atoms with van der Waals surface area (Å²) < 4.78 is 75.7. The van der Waals surface area contributed by atoms with E-state index >= 15 is 0 Å². The summed E-state index contributed by atoms with van der Waals surface area (Å²) >= 11 is 0. The zero-order valence-electron chi connectivity index (χ0n) is 19.3. The Kier molecular flexibility index (Phi) is 6.20. The lowest BCUT2D eigenvalue weighted by atomic mass is 10.0. The van der Waals surface area contributed by atoms with Gasteiger partial charge < -0.3 is 14.3 Å². The number of benzene rings is 3. The Morgan fingerprint density at radius 1 is 0.921 bits per heavy atom. The van der Waals surface area contributed by atoms with Gasteiger partial charge in [-0.2, -0.15) is 18.4 Å². The van der Waals surface area contributed by atoms with E-state index in [0.29, 0.717) is 23.6 Å². The number of rotatable bonds is 5. The summed E-state index contributed by atoms with van der Waals surface area (Å²) in [7, 11) is 0. The van der Waals surface area contributed by atoms with Crippen molar-refractivity contribution < 1.29 is 26.7 Å². The van der Waals surface area contributed by atoms with Crippen LogP contribution in [0.1, 0.15) is 16.7 Å². The first-order valence-electron chi connectivity index (χ1n) is 11.2. The molecule has 1 N–H and O–H groups in total. The van der Waals surface area contributed by atoms with Gasteiger partial charge in [-0.05, 0) is 66.2 Å². The first kappa shape index (κ1) is 24.8. The molecule has 10 heteroatoms. The van der Waals surface area contributed by atoms with Gasteiger partial charge in [0.1, 0.15) is 34.8 Å². The molecule has 0 radical (unpaired) electrons. The average molecular weight is 521 g/mol. The van der Waals surface area contributed by atoms with Gasteiger partial charge in [-0.3, -0.25) is 4.79 Å². The molecule has 0 bridgehead atoms. The number of nitrogens with zero attached hydrogens (tertiary/aromatic N) is 2. The third-order valence-corrected chi connectivity index (χ3v) is 5.97. The molecule has 0 saturated carbocycles. The fourth-order valence-electron chi connectivity index (χ4n) is 4.12. The minimum absolute atomic E-state index is 0.140. The first-order valence-corrected chi connectivity index (χ1v) is 11.2. The van der Waals surface area contributed by atoms with E-state index in [1.54, 1.807) is 12.3 Å². The Morgan fingerprint density at radius 3 is 2.34 bits per heavy atom. The van der Waals surface area contributed by atoms with Crippen molar-refractivity contribution in [2.24, 2.45) is 0 Å². The Labute approximate surface area is 212 Å². The second kappa shape index (κ2) is 9.52. The van der Waals surface area contributed by atoms with Gasteiger partial charge >= 0.3 is 6.18 Å². The highest BCUT2D eigenvalue weighted by Crippen LogP contribution is 2.35. The van der Waals surface area contributed by atoms with Crippen LogP contribution in [0, 0.1) is 23.0 Å². The van der Waals surface area contributed by atoms with E-state index < -0.39 is 41.0 Å². The highest BCUT2D eigenvalue weighted by molar-refractivity contribution is 5.80. The summed E-state index contributed by atoms with van der Waals surface area (Å²) in [5.74, 6) is -0.919. The van der Waals surface area contributed by atoms with Gasteiger partial charge in [0, 0.05) is 28.7 Å². The number of hydrogen-bond donors (Lipinski definition) is 1. The van der Waals surface area contributed by atoms with E-state index in [1.807, 2.05) is 18.2 Å². The molecule has 2 heterocycles. The number of nitrogens with one attached hydrogen (secondary N) is 1. The Hall–Kier alpha value is -4.91. The molecule has 5 rings (SSSR count). The maximum atomic E-state index is 14.4. The molecule has 0 spiro atoms. The number of aromatic amines is 1. The predicted octanol–water partition coefficient (Wildman–Crippen LogP) is 7.01. The van der Waals surface area contributed by atoms with Gasteiger partial charge in [0.2, 0.25) is 0 Å². The minimum Gasteiger partial charge on any atom is -0.457 e. The zero-order chi connectivity index (χ0) is 27.0. The van der Waals surface area contributed by atoms with Crippen molar-refractivity contribution in [2.75, 3.05) is 0 Å². The molecule has 190 valence electrons. The molecule has 2 aromatic heterocycles. The molecule has 3 aromatic carbocycles. The van der Waals surface area contributed by atoms with E-state index in [1.165, 1.54) is 30.3 Å². The lowest BCUT2D eigenvalue weighted by molar-refractivity contribution is -0.137. The SMILES string of the molecule is N#Cc1c(C(F)(F)F)cc(-c2ccc(Oc3ccc4[nH]ccc4c3)cc2)n(Cc2ccc(F)cc2F)c1=O. The van der Waals surface area contributed by atoms with Gasteiger partial charge in [0.25, 0.3) is 5.56 Å². The van der Waals surface area contributed by atoms with Gasteiger partial charge in [0.15, 0.2) is 0 Å². The zero-order valence-corrected chi connectivity index (χ0v) is 19.3. The standard InChI is InChI=1S/C28H16F5N3O2/c29-19-4-1-18(24(30)12-19)15-36-26(13-23(28(31,32)33)22(14-34)27(36)37)16-2-5-20(6-3-16)38-21-7-8-25-17(11-21)9-10-35-25/h1-13,35H,15H2. The normalized spacial score (nSPS) is 11.5. The molecule has 0 saturated heterocycles. The third kappa shape index (κ3) is 4.74. The molecule has 0 aliphatic heterocycles. The number of ether oxygens (including phenoxy) is 1. The molecule has 5 nitrogen and oxygen atoms in total. The Bertz CT molecular complexity index is 1760. The highest BCUT2D eigenvalue weighted by atomic mass is 19.4. The van der Waals surface area contributed by atoms with Crippen LogP contribution >= 0.6 is 0 Å². The fourth-order valence-corrected chi connectivity index (χ4v) is 4.12. The number of halogens is 5. The van der Waals surface area contributed by atoms with Crippen molar-refractivity contribution in [3.05, 3.63) is 118 Å². The number of aromatic nitrogens is 2. The summed E-state index contributed by atoms with van der Waals surface area (Å²) in [4.78, 5) is 16.1. The second-order valence-electron chi connectivity index (χ2n) is 8.41. The predicted molar refractivity (Wildman–Crippen MR) is 130 cm³/mol. The van der Waals surface area contributed by atoms with Crippen LogP contribution in [0.2, 0.25) is 0 Å². The molecular formula is C28H16F5N3O2. The molecule has 0 aliphatic carbocycles. The van der Waals surface area contributed by atoms with Crippen molar-refractivity contribution in [3.63, 3.8) is 0 Å². The van der Waals surface area contributed by atoms with Gasteiger partial charge in [-0.1, -0.05) is 6.07 Å². The molecular weight excluding hydrogens is 505 g/mol. The molecule has 38 heavy (non-hydrogen) atoms. The molecule has 0 fully saturated rings. The summed E-state index contributed by atoms with van der Waals surface area (Å²) in [6, 6.07) is 17.8.